The zero-order valence-electron chi connectivity index (χ0n) is 14.5. The summed E-state index contributed by atoms with van der Waals surface area (Å²) in [5.74, 6) is 0.770. The molecule has 0 N–H and O–H groups in total. The highest BCUT2D eigenvalue weighted by Gasteiger charge is 2.47. The Kier molecular flexibility index (Phi) is 4.74. The summed E-state index contributed by atoms with van der Waals surface area (Å²) in [6, 6.07) is 7.92. The molecule has 2 aliphatic heterocycles. The first-order chi connectivity index (χ1) is 11.0. The van der Waals surface area contributed by atoms with Crippen molar-refractivity contribution in [3.8, 4) is 0 Å². The first kappa shape index (κ1) is 16.5. The van der Waals surface area contributed by atoms with E-state index in [9.17, 15) is 4.79 Å². The van der Waals surface area contributed by atoms with E-state index in [0.29, 0.717) is 11.3 Å². The van der Waals surface area contributed by atoms with Gasteiger partial charge in [-0.25, -0.2) is 0 Å². The molecule has 1 unspecified atom stereocenters. The third-order valence-corrected chi connectivity index (χ3v) is 5.66. The van der Waals surface area contributed by atoms with Gasteiger partial charge in [0.25, 0.3) is 5.91 Å². The number of ether oxygens (including phenoxy) is 1. The van der Waals surface area contributed by atoms with Crippen LogP contribution in [0.3, 0.4) is 0 Å². The van der Waals surface area contributed by atoms with Gasteiger partial charge in [-0.05, 0) is 44.4 Å². The van der Waals surface area contributed by atoms with Gasteiger partial charge in [0, 0.05) is 44.8 Å². The van der Waals surface area contributed by atoms with E-state index in [1.807, 2.05) is 36.1 Å². The van der Waals surface area contributed by atoms with Crippen molar-refractivity contribution in [1.82, 2.24) is 9.80 Å². The number of rotatable bonds is 3. The highest BCUT2D eigenvalue weighted by Crippen LogP contribution is 2.44. The highest BCUT2D eigenvalue weighted by molar-refractivity contribution is 5.94. The van der Waals surface area contributed by atoms with Gasteiger partial charge < -0.3 is 14.5 Å². The molecule has 2 fully saturated rings. The number of hydrogen-bond acceptors (Lipinski definition) is 3. The molecule has 1 atom stereocenters. The number of piperidine rings is 1. The number of aryl methyl sites for hydroxylation is 1. The molecule has 3 rings (SSSR count). The van der Waals surface area contributed by atoms with Crippen molar-refractivity contribution >= 4 is 5.91 Å². The van der Waals surface area contributed by atoms with Crippen molar-refractivity contribution in [2.45, 2.75) is 19.8 Å². The number of likely N-dealkylation sites (tertiary alicyclic amines) is 2. The Labute approximate surface area is 139 Å². The predicted octanol–water partition coefficient (Wildman–Crippen LogP) is 2.43. The zero-order valence-corrected chi connectivity index (χ0v) is 14.5. The molecule has 0 radical (unpaired) electrons. The summed E-state index contributed by atoms with van der Waals surface area (Å²) in [6.07, 6.45) is 2.17. The molecule has 0 bridgehead atoms. The third-order valence-electron chi connectivity index (χ3n) is 5.66. The molecule has 0 aliphatic carbocycles. The van der Waals surface area contributed by atoms with Gasteiger partial charge in [-0.1, -0.05) is 17.7 Å². The standard InChI is InChI=1S/C19H28N2O2/c1-15-5-4-6-16(11-15)18(22)21-9-7-19(8-10-21)14-20(2)12-17(19)13-23-3/h4-6,11,17H,7-10,12-14H2,1-3H3. The van der Waals surface area contributed by atoms with E-state index in [-0.39, 0.29) is 5.91 Å². The van der Waals surface area contributed by atoms with Gasteiger partial charge in [-0.3, -0.25) is 4.79 Å². The van der Waals surface area contributed by atoms with Crippen LogP contribution in [-0.2, 0) is 4.74 Å². The van der Waals surface area contributed by atoms with Crippen LogP contribution in [0.2, 0.25) is 0 Å². The van der Waals surface area contributed by atoms with Gasteiger partial charge in [0.05, 0.1) is 6.61 Å². The first-order valence-corrected chi connectivity index (χ1v) is 8.57. The molecule has 2 aliphatic rings. The zero-order chi connectivity index (χ0) is 16.4. The lowest BCUT2D eigenvalue weighted by molar-refractivity contribution is 0.0325. The molecule has 4 nitrogen and oxygen atoms in total. The van der Waals surface area contributed by atoms with E-state index in [1.54, 1.807) is 7.11 Å². The Morgan fingerprint density at radius 1 is 1.35 bits per heavy atom. The summed E-state index contributed by atoms with van der Waals surface area (Å²) >= 11 is 0. The number of hydrogen-bond donors (Lipinski definition) is 0. The van der Waals surface area contributed by atoms with E-state index in [1.165, 1.54) is 0 Å². The summed E-state index contributed by atoms with van der Waals surface area (Å²) in [5.41, 5.74) is 2.29. The third kappa shape index (κ3) is 3.29. The molecule has 1 aromatic carbocycles. The van der Waals surface area contributed by atoms with Gasteiger partial charge in [0.2, 0.25) is 0 Å². The van der Waals surface area contributed by atoms with Crippen LogP contribution in [0.5, 0.6) is 0 Å². The Bertz CT molecular complexity index is 564. The number of carbonyl (C=O) groups is 1. The van der Waals surface area contributed by atoms with Crippen LogP contribution in [-0.4, -0.2) is 62.7 Å². The van der Waals surface area contributed by atoms with Gasteiger partial charge in [0.1, 0.15) is 0 Å². The summed E-state index contributed by atoms with van der Waals surface area (Å²) in [7, 11) is 3.99. The number of amides is 1. The smallest absolute Gasteiger partial charge is 0.253 e. The second kappa shape index (κ2) is 6.62. The number of benzene rings is 1. The van der Waals surface area contributed by atoms with E-state index in [2.05, 4.69) is 11.9 Å². The van der Waals surface area contributed by atoms with Crippen molar-refractivity contribution in [1.29, 1.82) is 0 Å². The molecule has 2 saturated heterocycles. The Morgan fingerprint density at radius 2 is 2.09 bits per heavy atom. The molecule has 1 aromatic rings. The molecule has 126 valence electrons. The van der Waals surface area contributed by atoms with Gasteiger partial charge >= 0.3 is 0 Å². The fourth-order valence-corrected chi connectivity index (χ4v) is 4.41. The molecule has 0 saturated carbocycles. The molecular formula is C19H28N2O2. The predicted molar refractivity (Wildman–Crippen MR) is 91.6 cm³/mol. The average Bonchev–Trinajstić information content (AvgIpc) is 2.83. The van der Waals surface area contributed by atoms with Crippen LogP contribution in [0.25, 0.3) is 0 Å². The number of methoxy groups -OCH3 is 1. The van der Waals surface area contributed by atoms with Crippen molar-refractivity contribution in [3.05, 3.63) is 35.4 Å². The number of carbonyl (C=O) groups excluding carboxylic acids is 1. The maximum absolute atomic E-state index is 12.7. The average molecular weight is 316 g/mol. The SMILES string of the molecule is COCC1CN(C)CC12CCN(C(=O)c1cccc(C)c1)CC2. The minimum absolute atomic E-state index is 0.179. The Morgan fingerprint density at radius 3 is 2.74 bits per heavy atom. The lowest BCUT2D eigenvalue weighted by Gasteiger charge is -2.42. The van der Waals surface area contributed by atoms with E-state index >= 15 is 0 Å². The van der Waals surface area contributed by atoms with Crippen LogP contribution in [0.15, 0.2) is 24.3 Å². The summed E-state index contributed by atoms with van der Waals surface area (Å²) in [4.78, 5) is 17.2. The molecule has 23 heavy (non-hydrogen) atoms. The lowest BCUT2D eigenvalue weighted by atomic mass is 9.71. The van der Waals surface area contributed by atoms with Crippen LogP contribution in [0.1, 0.15) is 28.8 Å². The van der Waals surface area contributed by atoms with Crippen molar-refractivity contribution in [3.63, 3.8) is 0 Å². The monoisotopic (exact) mass is 316 g/mol. The van der Waals surface area contributed by atoms with Crippen LogP contribution in [0, 0.1) is 18.3 Å². The van der Waals surface area contributed by atoms with Crippen molar-refractivity contribution in [2.75, 3.05) is 46.9 Å². The summed E-state index contributed by atoms with van der Waals surface area (Å²) in [5, 5.41) is 0. The van der Waals surface area contributed by atoms with Crippen LogP contribution >= 0.6 is 0 Å². The minimum atomic E-state index is 0.179. The largest absolute Gasteiger partial charge is 0.384 e. The van der Waals surface area contributed by atoms with Gasteiger partial charge in [-0.15, -0.1) is 0 Å². The van der Waals surface area contributed by atoms with E-state index in [0.717, 1.165) is 56.8 Å². The van der Waals surface area contributed by atoms with E-state index in [4.69, 9.17) is 4.74 Å². The van der Waals surface area contributed by atoms with Gasteiger partial charge in [0.15, 0.2) is 0 Å². The van der Waals surface area contributed by atoms with Crippen LogP contribution in [0.4, 0.5) is 0 Å². The normalized spacial score (nSPS) is 24.3. The highest BCUT2D eigenvalue weighted by atomic mass is 16.5. The maximum atomic E-state index is 12.7. The second-order valence-corrected chi connectivity index (χ2v) is 7.37. The Balaban J connectivity index is 1.67. The van der Waals surface area contributed by atoms with Crippen molar-refractivity contribution < 1.29 is 9.53 Å². The molecule has 1 amide bonds. The number of nitrogens with zero attached hydrogens (tertiary/aromatic N) is 2. The van der Waals surface area contributed by atoms with E-state index < -0.39 is 0 Å². The Hall–Kier alpha value is -1.39. The molecule has 1 spiro atoms. The first-order valence-electron chi connectivity index (χ1n) is 8.57. The lowest BCUT2D eigenvalue weighted by Crippen LogP contribution is -2.47. The molecule has 2 heterocycles. The molecule has 0 aromatic heterocycles. The molecule has 4 heteroatoms. The second-order valence-electron chi connectivity index (χ2n) is 7.37. The topological polar surface area (TPSA) is 32.8 Å². The van der Waals surface area contributed by atoms with Crippen LogP contribution < -0.4 is 0 Å². The fourth-order valence-electron chi connectivity index (χ4n) is 4.41. The maximum Gasteiger partial charge on any atom is 0.253 e. The minimum Gasteiger partial charge on any atom is -0.384 e. The summed E-state index contributed by atoms with van der Waals surface area (Å²) < 4.78 is 5.45. The summed E-state index contributed by atoms with van der Waals surface area (Å²) in [6.45, 7) is 6.83. The fraction of sp³-hybridized carbons (Fsp3) is 0.632. The molecular weight excluding hydrogens is 288 g/mol. The van der Waals surface area contributed by atoms with Crippen molar-refractivity contribution in [2.24, 2.45) is 11.3 Å². The van der Waals surface area contributed by atoms with Gasteiger partial charge in [-0.2, -0.15) is 0 Å². The quantitative estimate of drug-likeness (QED) is 0.858.